The molecule has 1 aliphatic carbocycles. The van der Waals surface area contributed by atoms with Crippen LogP contribution in [0.1, 0.15) is 53.7 Å². The first kappa shape index (κ1) is 32.6. The molecule has 0 bridgehead atoms. The van der Waals surface area contributed by atoms with E-state index in [1.165, 1.54) is 24.0 Å². The highest BCUT2D eigenvalue weighted by molar-refractivity contribution is 5.92. The number of carbonyl (C=O) groups excluding carboxylic acids is 2. The number of morpholine rings is 1. The van der Waals surface area contributed by atoms with Gasteiger partial charge in [0.15, 0.2) is 6.29 Å². The predicted molar refractivity (Wildman–Crippen MR) is 165 cm³/mol. The number of hydrogen-bond donors (Lipinski definition) is 0. The van der Waals surface area contributed by atoms with Gasteiger partial charge in [-0.05, 0) is 55.2 Å². The van der Waals surface area contributed by atoms with E-state index in [1.807, 2.05) is 21.8 Å². The van der Waals surface area contributed by atoms with Crippen LogP contribution in [0.2, 0.25) is 0 Å². The summed E-state index contributed by atoms with van der Waals surface area (Å²) in [5.41, 5.74) is 2.78. The van der Waals surface area contributed by atoms with Gasteiger partial charge in [0.25, 0.3) is 5.91 Å². The summed E-state index contributed by atoms with van der Waals surface area (Å²) in [6.07, 6.45) is 6.99. The van der Waals surface area contributed by atoms with E-state index in [1.54, 1.807) is 26.2 Å². The molecule has 2 saturated heterocycles. The van der Waals surface area contributed by atoms with Crippen LogP contribution in [0.25, 0.3) is 0 Å². The molecule has 0 unspecified atom stereocenters. The van der Waals surface area contributed by atoms with Crippen LogP contribution < -0.4 is 0 Å². The number of hydrogen-bond acceptors (Lipinski definition) is 8. The van der Waals surface area contributed by atoms with Crippen molar-refractivity contribution in [1.29, 1.82) is 0 Å². The molecule has 1 aromatic heterocycles. The molecule has 0 N–H and O–H groups in total. The van der Waals surface area contributed by atoms with Gasteiger partial charge >= 0.3 is 0 Å². The predicted octanol–water partition coefficient (Wildman–Crippen LogP) is 2.83. The first-order chi connectivity index (χ1) is 21.4. The van der Waals surface area contributed by atoms with E-state index in [-0.39, 0.29) is 17.4 Å². The first-order valence-electron chi connectivity index (χ1n) is 16.0. The van der Waals surface area contributed by atoms with Crippen molar-refractivity contribution in [2.75, 3.05) is 73.8 Å². The van der Waals surface area contributed by atoms with Crippen LogP contribution in [0, 0.1) is 5.92 Å². The van der Waals surface area contributed by atoms with E-state index in [4.69, 9.17) is 18.9 Å². The molecule has 3 heterocycles. The average Bonchev–Trinajstić information content (AvgIpc) is 3.74. The second-order valence-electron chi connectivity index (χ2n) is 12.5. The fourth-order valence-electron chi connectivity index (χ4n) is 6.10. The van der Waals surface area contributed by atoms with Crippen molar-refractivity contribution in [2.45, 2.75) is 63.5 Å². The molecule has 0 radical (unpaired) electrons. The van der Waals surface area contributed by atoms with Gasteiger partial charge in [0.2, 0.25) is 5.91 Å². The lowest BCUT2D eigenvalue weighted by Gasteiger charge is -2.47. The van der Waals surface area contributed by atoms with Crippen molar-refractivity contribution in [1.82, 2.24) is 24.5 Å². The molecule has 11 nitrogen and oxygen atoms in total. The molecule has 11 heteroatoms. The van der Waals surface area contributed by atoms with Gasteiger partial charge in [-0.3, -0.25) is 19.2 Å². The lowest BCUT2D eigenvalue weighted by atomic mass is 9.89. The van der Waals surface area contributed by atoms with E-state index in [9.17, 15) is 9.59 Å². The van der Waals surface area contributed by atoms with Gasteiger partial charge in [0.1, 0.15) is 5.69 Å². The van der Waals surface area contributed by atoms with Gasteiger partial charge in [-0.2, -0.15) is 5.10 Å². The van der Waals surface area contributed by atoms with Crippen LogP contribution >= 0.6 is 0 Å². The number of benzene rings is 1. The Hall–Kier alpha value is -2.83. The van der Waals surface area contributed by atoms with Gasteiger partial charge in [0, 0.05) is 60.2 Å². The first-order valence-corrected chi connectivity index (χ1v) is 16.0. The molecule has 3 fully saturated rings. The topological polar surface area (TPSA) is 98.6 Å². The SMILES string of the molecule is COC(CN(C)C(=O)CCOCCc1cccc(CN2CCC3(CC2)CN(C(=O)c2ccn(CC4CC4)n2)CCO3)c1)OC. The smallest absolute Gasteiger partial charge is 0.274 e. The molecule has 242 valence electrons. The normalized spacial score (nSPS) is 18.7. The molecule has 44 heavy (non-hydrogen) atoms. The zero-order valence-electron chi connectivity index (χ0n) is 26.6. The Morgan fingerprint density at radius 1 is 1.09 bits per heavy atom. The number of rotatable bonds is 15. The number of methoxy groups -OCH3 is 2. The number of aromatic nitrogens is 2. The van der Waals surface area contributed by atoms with Crippen LogP contribution in [0.4, 0.5) is 0 Å². The number of piperidine rings is 1. The van der Waals surface area contributed by atoms with E-state index in [0.29, 0.717) is 51.6 Å². The maximum absolute atomic E-state index is 13.3. The van der Waals surface area contributed by atoms with Gasteiger partial charge in [-0.15, -0.1) is 0 Å². The summed E-state index contributed by atoms with van der Waals surface area (Å²) in [7, 11) is 4.86. The van der Waals surface area contributed by atoms with E-state index in [2.05, 4.69) is 34.3 Å². The monoisotopic (exact) mass is 611 g/mol. The third-order valence-corrected chi connectivity index (χ3v) is 9.07. The van der Waals surface area contributed by atoms with Crippen molar-refractivity contribution < 1.29 is 28.5 Å². The van der Waals surface area contributed by atoms with Crippen LogP contribution in [0.3, 0.4) is 0 Å². The molecule has 2 aromatic rings. The Kier molecular flexibility index (Phi) is 11.4. The summed E-state index contributed by atoms with van der Waals surface area (Å²) in [5.74, 6) is 0.749. The lowest BCUT2D eigenvalue weighted by molar-refractivity contribution is -0.143. The number of ether oxygens (including phenoxy) is 4. The average molecular weight is 612 g/mol. The number of carbonyl (C=O) groups is 2. The second-order valence-corrected chi connectivity index (χ2v) is 12.5. The third-order valence-electron chi connectivity index (χ3n) is 9.07. The van der Waals surface area contributed by atoms with Crippen LogP contribution in [-0.4, -0.2) is 122 Å². The zero-order chi connectivity index (χ0) is 30.9. The highest BCUT2D eigenvalue weighted by Crippen LogP contribution is 2.32. The molecule has 5 rings (SSSR count). The lowest BCUT2D eigenvalue weighted by Crippen LogP contribution is -2.58. The van der Waals surface area contributed by atoms with E-state index in [0.717, 1.165) is 51.4 Å². The Balaban J connectivity index is 1.02. The maximum atomic E-state index is 13.3. The van der Waals surface area contributed by atoms with Gasteiger partial charge in [-0.25, -0.2) is 0 Å². The molecule has 0 atom stereocenters. The van der Waals surface area contributed by atoms with Crippen LogP contribution in [0.15, 0.2) is 36.5 Å². The molecular weight excluding hydrogens is 562 g/mol. The third kappa shape index (κ3) is 9.10. The van der Waals surface area contributed by atoms with Crippen LogP contribution in [0.5, 0.6) is 0 Å². The Labute approximate surface area is 261 Å². The minimum Gasteiger partial charge on any atom is -0.381 e. The summed E-state index contributed by atoms with van der Waals surface area (Å²) in [6.45, 7) is 6.83. The molecule has 2 amide bonds. The Bertz CT molecular complexity index is 1220. The molecule has 3 aliphatic rings. The van der Waals surface area contributed by atoms with Crippen LogP contribution in [-0.2, 0) is 43.3 Å². The van der Waals surface area contributed by atoms with Gasteiger partial charge < -0.3 is 28.7 Å². The standard InChI is InChI=1S/C33H49N5O6/c1-35(24-31(41-2)42-3)30(39)11-19-43-18-10-26-5-4-6-28(21-26)22-36-15-12-33(13-16-36)25-37(17-20-44-33)32(40)29-9-14-38(34-29)23-27-7-8-27/h4-6,9,14,21,27,31H,7-8,10-13,15-20,22-25H2,1-3H3. The minimum absolute atomic E-state index is 0.00296. The van der Waals surface area contributed by atoms with Crippen molar-refractivity contribution in [3.8, 4) is 0 Å². The van der Waals surface area contributed by atoms with Gasteiger partial charge in [0.05, 0.1) is 44.9 Å². The molecule has 1 spiro atoms. The molecule has 2 aliphatic heterocycles. The second kappa shape index (κ2) is 15.4. The Morgan fingerprint density at radius 3 is 2.61 bits per heavy atom. The van der Waals surface area contributed by atoms with Crippen molar-refractivity contribution in [2.24, 2.45) is 5.92 Å². The fraction of sp³-hybridized carbons (Fsp3) is 0.667. The maximum Gasteiger partial charge on any atom is 0.274 e. The number of likely N-dealkylation sites (tertiary alicyclic amines) is 1. The minimum atomic E-state index is -0.428. The van der Waals surface area contributed by atoms with E-state index >= 15 is 0 Å². The Morgan fingerprint density at radius 2 is 1.86 bits per heavy atom. The number of nitrogens with zero attached hydrogens (tertiary/aromatic N) is 5. The summed E-state index contributed by atoms with van der Waals surface area (Å²) >= 11 is 0. The molecular formula is C33H49N5O6. The summed E-state index contributed by atoms with van der Waals surface area (Å²) in [5, 5.41) is 4.57. The molecule has 1 aromatic carbocycles. The highest BCUT2D eigenvalue weighted by Gasteiger charge is 2.41. The number of likely N-dealkylation sites (N-methyl/N-ethyl adjacent to an activating group) is 1. The van der Waals surface area contributed by atoms with Crippen molar-refractivity contribution in [3.63, 3.8) is 0 Å². The summed E-state index contributed by atoms with van der Waals surface area (Å²) < 4.78 is 24.4. The fourth-order valence-corrected chi connectivity index (χ4v) is 6.10. The van der Waals surface area contributed by atoms with E-state index < -0.39 is 6.29 Å². The summed E-state index contributed by atoms with van der Waals surface area (Å²) in [4.78, 5) is 31.6. The summed E-state index contributed by atoms with van der Waals surface area (Å²) in [6, 6.07) is 10.5. The molecule has 1 saturated carbocycles. The van der Waals surface area contributed by atoms with Crippen molar-refractivity contribution >= 4 is 11.8 Å². The zero-order valence-corrected chi connectivity index (χ0v) is 26.6. The van der Waals surface area contributed by atoms with Gasteiger partial charge in [-0.1, -0.05) is 24.3 Å². The largest absolute Gasteiger partial charge is 0.381 e. The van der Waals surface area contributed by atoms with Crippen molar-refractivity contribution in [3.05, 3.63) is 53.3 Å². The number of amides is 2. The quantitative estimate of drug-likeness (QED) is 0.224. The highest BCUT2D eigenvalue weighted by atomic mass is 16.7.